The highest BCUT2D eigenvalue weighted by atomic mass is 79.9. The molecule has 0 aromatic heterocycles. The predicted molar refractivity (Wildman–Crippen MR) is 134 cm³/mol. The van der Waals surface area contributed by atoms with Gasteiger partial charge in [0.15, 0.2) is 17.2 Å². The Bertz CT molecular complexity index is 1310. The van der Waals surface area contributed by atoms with E-state index in [9.17, 15) is 4.79 Å². The Morgan fingerprint density at radius 2 is 1.85 bits per heavy atom. The second-order valence-corrected chi connectivity index (χ2v) is 9.05. The highest BCUT2D eigenvalue weighted by Crippen LogP contribution is 2.38. The van der Waals surface area contributed by atoms with Crippen molar-refractivity contribution in [3.8, 4) is 11.5 Å². The summed E-state index contributed by atoms with van der Waals surface area (Å²) in [6.07, 6.45) is 1.55. The van der Waals surface area contributed by atoms with Gasteiger partial charge in [-0.25, -0.2) is 9.79 Å². The van der Waals surface area contributed by atoms with Crippen LogP contribution in [0.15, 0.2) is 69.8 Å². The molecule has 3 aromatic rings. The van der Waals surface area contributed by atoms with Crippen LogP contribution in [0.25, 0.3) is 6.08 Å². The van der Waals surface area contributed by atoms with Gasteiger partial charge in [0.25, 0.3) is 0 Å². The van der Waals surface area contributed by atoms with Crippen molar-refractivity contribution in [2.45, 2.75) is 6.61 Å². The standard InChI is InChI=1S/C24H15BrCl3NO4/c1-31-21-10-14(8-19(28)22(21)32-12-13-3-2-4-16(25)7-13)9-20-24(30)33-23(29-20)15-5-6-17(26)18(27)11-15/h2-11H,12H2,1H3/b20-9-. The third-order valence-electron chi connectivity index (χ3n) is 4.61. The van der Waals surface area contributed by atoms with Crippen LogP contribution in [-0.4, -0.2) is 19.0 Å². The first-order valence-electron chi connectivity index (χ1n) is 9.57. The number of hydrogen-bond acceptors (Lipinski definition) is 5. The minimum absolute atomic E-state index is 0.108. The average molecular weight is 568 g/mol. The van der Waals surface area contributed by atoms with Crippen molar-refractivity contribution in [2.24, 2.45) is 4.99 Å². The van der Waals surface area contributed by atoms with E-state index in [0.29, 0.717) is 44.3 Å². The number of esters is 1. The van der Waals surface area contributed by atoms with Crippen molar-refractivity contribution in [1.82, 2.24) is 0 Å². The van der Waals surface area contributed by atoms with Gasteiger partial charge in [0, 0.05) is 10.0 Å². The van der Waals surface area contributed by atoms with E-state index in [0.717, 1.165) is 10.0 Å². The number of hydrogen-bond donors (Lipinski definition) is 0. The third kappa shape index (κ3) is 5.53. The monoisotopic (exact) mass is 565 g/mol. The van der Waals surface area contributed by atoms with Crippen LogP contribution >= 0.6 is 50.7 Å². The number of halogens is 4. The van der Waals surface area contributed by atoms with Crippen LogP contribution in [0.4, 0.5) is 0 Å². The number of aliphatic imine (C=N–C) groups is 1. The molecule has 1 aliphatic rings. The first-order chi connectivity index (χ1) is 15.8. The maximum atomic E-state index is 12.4. The number of nitrogens with zero attached hydrogens (tertiary/aromatic N) is 1. The second kappa shape index (κ2) is 10.2. The second-order valence-electron chi connectivity index (χ2n) is 6.92. The molecule has 168 valence electrons. The van der Waals surface area contributed by atoms with Crippen LogP contribution in [0.5, 0.6) is 11.5 Å². The molecule has 5 nitrogen and oxygen atoms in total. The highest BCUT2D eigenvalue weighted by molar-refractivity contribution is 9.10. The Morgan fingerprint density at radius 3 is 2.58 bits per heavy atom. The summed E-state index contributed by atoms with van der Waals surface area (Å²) in [5.41, 5.74) is 2.20. The van der Waals surface area contributed by atoms with Gasteiger partial charge in [-0.3, -0.25) is 0 Å². The first kappa shape index (κ1) is 23.6. The molecule has 0 saturated carbocycles. The summed E-state index contributed by atoms with van der Waals surface area (Å²) < 4.78 is 17.6. The van der Waals surface area contributed by atoms with Crippen LogP contribution in [0.1, 0.15) is 16.7 Å². The minimum atomic E-state index is -0.596. The maximum Gasteiger partial charge on any atom is 0.363 e. The van der Waals surface area contributed by atoms with E-state index in [1.165, 1.54) is 7.11 Å². The molecule has 1 aliphatic heterocycles. The van der Waals surface area contributed by atoms with Gasteiger partial charge in [-0.05, 0) is 59.7 Å². The van der Waals surface area contributed by atoms with Crippen LogP contribution in [-0.2, 0) is 16.1 Å². The van der Waals surface area contributed by atoms with Crippen LogP contribution < -0.4 is 9.47 Å². The topological polar surface area (TPSA) is 57.1 Å². The van der Waals surface area contributed by atoms with Gasteiger partial charge < -0.3 is 14.2 Å². The van der Waals surface area contributed by atoms with Crippen molar-refractivity contribution in [3.63, 3.8) is 0 Å². The normalized spacial score (nSPS) is 14.3. The molecule has 9 heteroatoms. The largest absolute Gasteiger partial charge is 0.493 e. The summed E-state index contributed by atoms with van der Waals surface area (Å²) >= 11 is 21.9. The Balaban J connectivity index is 1.59. The van der Waals surface area contributed by atoms with E-state index in [4.69, 9.17) is 49.0 Å². The Morgan fingerprint density at radius 1 is 1.03 bits per heavy atom. The quantitative estimate of drug-likeness (QED) is 0.231. The van der Waals surface area contributed by atoms with E-state index < -0.39 is 5.97 Å². The predicted octanol–water partition coefficient (Wildman–Crippen LogP) is 7.34. The SMILES string of the molecule is COc1cc(/C=C2\N=C(c3ccc(Cl)c(Cl)c3)OC2=O)cc(Cl)c1OCc1cccc(Br)c1. The van der Waals surface area contributed by atoms with Crippen molar-refractivity contribution < 1.29 is 19.0 Å². The van der Waals surface area contributed by atoms with Gasteiger partial charge in [-0.15, -0.1) is 0 Å². The lowest BCUT2D eigenvalue weighted by Crippen LogP contribution is -2.05. The number of rotatable bonds is 6. The minimum Gasteiger partial charge on any atom is -0.493 e. The molecule has 33 heavy (non-hydrogen) atoms. The molecule has 0 N–H and O–H groups in total. The highest BCUT2D eigenvalue weighted by Gasteiger charge is 2.25. The van der Waals surface area contributed by atoms with Crippen LogP contribution in [0.3, 0.4) is 0 Å². The van der Waals surface area contributed by atoms with E-state index in [-0.39, 0.29) is 11.6 Å². The van der Waals surface area contributed by atoms with Crippen LogP contribution in [0.2, 0.25) is 15.1 Å². The number of carbonyl (C=O) groups excluding carboxylic acids is 1. The molecular formula is C24H15BrCl3NO4. The summed E-state index contributed by atoms with van der Waals surface area (Å²) in [5.74, 6) is 0.359. The lowest BCUT2D eigenvalue weighted by Gasteiger charge is -2.13. The van der Waals surface area contributed by atoms with Crippen LogP contribution in [0, 0.1) is 0 Å². The van der Waals surface area contributed by atoms with Crippen molar-refractivity contribution in [2.75, 3.05) is 7.11 Å². The maximum absolute atomic E-state index is 12.4. The number of carbonyl (C=O) groups is 1. The molecule has 1 heterocycles. The van der Waals surface area contributed by atoms with E-state index in [1.807, 2.05) is 24.3 Å². The Kier molecular flexibility index (Phi) is 7.29. The van der Waals surface area contributed by atoms with E-state index >= 15 is 0 Å². The fourth-order valence-electron chi connectivity index (χ4n) is 3.07. The molecule has 0 bridgehead atoms. The van der Waals surface area contributed by atoms with Gasteiger partial charge in [-0.2, -0.15) is 0 Å². The Hall–Kier alpha value is -2.51. The van der Waals surface area contributed by atoms with Gasteiger partial charge in [0.1, 0.15) is 6.61 Å². The van der Waals surface area contributed by atoms with Crippen molar-refractivity contribution >= 4 is 68.7 Å². The van der Waals surface area contributed by atoms with Gasteiger partial charge in [0.2, 0.25) is 5.90 Å². The molecule has 0 unspecified atom stereocenters. The van der Waals surface area contributed by atoms with Gasteiger partial charge in [0.05, 0.1) is 22.2 Å². The molecule has 0 spiro atoms. The van der Waals surface area contributed by atoms with Crippen molar-refractivity contribution in [1.29, 1.82) is 0 Å². The molecule has 0 amide bonds. The molecule has 0 saturated heterocycles. The molecular weight excluding hydrogens is 553 g/mol. The van der Waals surface area contributed by atoms with E-state index in [2.05, 4.69) is 20.9 Å². The molecule has 0 fully saturated rings. The molecule has 4 rings (SSSR count). The number of ether oxygens (including phenoxy) is 3. The number of cyclic esters (lactones) is 1. The lowest BCUT2D eigenvalue weighted by molar-refractivity contribution is -0.129. The number of methoxy groups -OCH3 is 1. The van der Waals surface area contributed by atoms with Crippen molar-refractivity contribution in [3.05, 3.63) is 96.5 Å². The molecule has 0 radical (unpaired) electrons. The van der Waals surface area contributed by atoms with E-state index in [1.54, 1.807) is 36.4 Å². The molecule has 0 aliphatic carbocycles. The zero-order chi connectivity index (χ0) is 23.5. The van der Waals surface area contributed by atoms with Gasteiger partial charge in [-0.1, -0.05) is 62.9 Å². The summed E-state index contributed by atoms with van der Waals surface area (Å²) in [6.45, 7) is 0.305. The third-order valence-corrected chi connectivity index (χ3v) is 6.13. The first-order valence-corrected chi connectivity index (χ1v) is 11.5. The summed E-state index contributed by atoms with van der Waals surface area (Å²) in [4.78, 5) is 16.6. The fourth-order valence-corrected chi connectivity index (χ4v) is 4.08. The lowest BCUT2D eigenvalue weighted by atomic mass is 10.1. The summed E-state index contributed by atoms with van der Waals surface area (Å²) in [6, 6.07) is 16.0. The molecule has 0 atom stereocenters. The fraction of sp³-hybridized carbons (Fsp3) is 0.0833. The smallest absolute Gasteiger partial charge is 0.363 e. The van der Waals surface area contributed by atoms with Gasteiger partial charge >= 0.3 is 5.97 Å². The zero-order valence-corrected chi connectivity index (χ0v) is 20.9. The summed E-state index contributed by atoms with van der Waals surface area (Å²) in [5, 5.41) is 1.06. The average Bonchev–Trinajstić information content (AvgIpc) is 3.14. The Labute approximate surface area is 213 Å². The zero-order valence-electron chi connectivity index (χ0n) is 17.1. The number of benzene rings is 3. The summed E-state index contributed by atoms with van der Waals surface area (Å²) in [7, 11) is 1.51. The molecule has 3 aromatic carbocycles.